The molecule has 0 aliphatic carbocycles. The average molecular weight is 387 g/mol. The lowest BCUT2D eigenvalue weighted by atomic mass is 10.2. The third-order valence-electron chi connectivity index (χ3n) is 4.75. The van der Waals surface area contributed by atoms with E-state index >= 15 is 0 Å². The number of halogens is 1. The van der Waals surface area contributed by atoms with Crippen molar-refractivity contribution in [2.75, 3.05) is 43.1 Å². The van der Waals surface area contributed by atoms with Crippen molar-refractivity contribution < 1.29 is 14.1 Å². The van der Waals surface area contributed by atoms with Crippen molar-refractivity contribution in [2.45, 2.75) is 6.92 Å². The molecule has 1 fully saturated rings. The highest BCUT2D eigenvalue weighted by molar-refractivity contribution is 5.67. The number of aryl methyl sites for hydroxylation is 1. The van der Waals surface area contributed by atoms with E-state index in [1.165, 1.54) is 19.5 Å². The van der Waals surface area contributed by atoms with Gasteiger partial charge in [-0.05, 0) is 6.92 Å². The minimum Gasteiger partial charge on any atom is -0.494 e. The number of benzene rings is 1. The minimum atomic E-state index is -0.752. The predicted molar refractivity (Wildman–Crippen MR) is 99.6 cm³/mol. The van der Waals surface area contributed by atoms with Crippen molar-refractivity contribution >= 4 is 23.0 Å². The number of nitro benzene ring substituents is 1. The zero-order valence-corrected chi connectivity index (χ0v) is 15.4. The highest BCUT2D eigenvalue weighted by Crippen LogP contribution is 2.35. The molecule has 1 aliphatic rings. The Balaban J connectivity index is 1.61. The molecule has 0 amide bonds. The molecule has 11 heteroatoms. The number of rotatable bonds is 4. The summed E-state index contributed by atoms with van der Waals surface area (Å²) >= 11 is 0. The van der Waals surface area contributed by atoms with E-state index in [1.54, 1.807) is 4.52 Å². The Kier molecular flexibility index (Phi) is 4.41. The molecule has 2 aromatic heterocycles. The van der Waals surface area contributed by atoms with E-state index in [2.05, 4.69) is 20.0 Å². The zero-order chi connectivity index (χ0) is 19.8. The molecule has 1 saturated heterocycles. The van der Waals surface area contributed by atoms with Crippen LogP contribution in [-0.4, -0.2) is 57.8 Å². The summed E-state index contributed by atoms with van der Waals surface area (Å²) in [6.45, 7) is 4.15. The molecule has 0 spiro atoms. The predicted octanol–water partition coefficient (Wildman–Crippen LogP) is 1.82. The Bertz CT molecular complexity index is 1050. The van der Waals surface area contributed by atoms with Crippen molar-refractivity contribution in [3.05, 3.63) is 46.2 Å². The quantitative estimate of drug-likeness (QED) is 0.493. The summed E-state index contributed by atoms with van der Waals surface area (Å²) in [5, 5.41) is 15.6. The van der Waals surface area contributed by atoms with Crippen LogP contribution in [0.25, 0.3) is 5.78 Å². The Morgan fingerprint density at radius 2 is 1.89 bits per heavy atom. The van der Waals surface area contributed by atoms with Crippen LogP contribution in [0.4, 0.5) is 21.6 Å². The molecule has 146 valence electrons. The summed E-state index contributed by atoms with van der Waals surface area (Å²) in [6, 6.07) is 4.22. The fourth-order valence-corrected chi connectivity index (χ4v) is 3.40. The summed E-state index contributed by atoms with van der Waals surface area (Å²) in [4.78, 5) is 23.3. The first-order chi connectivity index (χ1) is 13.5. The second-order valence-corrected chi connectivity index (χ2v) is 6.43. The molecule has 0 N–H and O–H groups in total. The molecule has 3 aromatic rings. The monoisotopic (exact) mass is 387 g/mol. The number of hydrogen-bond acceptors (Lipinski definition) is 8. The van der Waals surface area contributed by atoms with Gasteiger partial charge >= 0.3 is 0 Å². The maximum Gasteiger partial charge on any atom is 0.295 e. The van der Waals surface area contributed by atoms with Crippen molar-refractivity contribution in [2.24, 2.45) is 0 Å². The minimum absolute atomic E-state index is 0.0166. The van der Waals surface area contributed by atoms with E-state index in [0.29, 0.717) is 37.6 Å². The number of nitrogens with zero attached hydrogens (tertiary/aromatic N) is 7. The van der Waals surface area contributed by atoms with E-state index in [-0.39, 0.29) is 11.4 Å². The lowest BCUT2D eigenvalue weighted by molar-refractivity contribution is -0.384. The van der Waals surface area contributed by atoms with Crippen molar-refractivity contribution in [1.82, 2.24) is 19.6 Å². The van der Waals surface area contributed by atoms with Crippen LogP contribution < -0.4 is 14.5 Å². The molecular formula is C17H18FN7O3. The van der Waals surface area contributed by atoms with E-state index in [0.717, 1.165) is 17.6 Å². The van der Waals surface area contributed by atoms with Crippen LogP contribution in [0.1, 0.15) is 5.69 Å². The van der Waals surface area contributed by atoms with Gasteiger partial charge < -0.3 is 14.5 Å². The third kappa shape index (κ3) is 3.04. The topological polar surface area (TPSA) is 102 Å². The van der Waals surface area contributed by atoms with Gasteiger partial charge in [-0.3, -0.25) is 10.1 Å². The van der Waals surface area contributed by atoms with Gasteiger partial charge in [0, 0.05) is 44.0 Å². The van der Waals surface area contributed by atoms with Crippen molar-refractivity contribution in [3.63, 3.8) is 0 Å². The second-order valence-electron chi connectivity index (χ2n) is 6.43. The van der Waals surface area contributed by atoms with E-state index in [1.807, 2.05) is 17.9 Å². The molecule has 4 rings (SSSR count). The Hall–Kier alpha value is -3.50. The van der Waals surface area contributed by atoms with Crippen LogP contribution in [0.5, 0.6) is 5.75 Å². The fraction of sp³-hybridized carbons (Fsp3) is 0.353. The van der Waals surface area contributed by atoms with Crippen LogP contribution in [0.2, 0.25) is 0 Å². The summed E-state index contributed by atoms with van der Waals surface area (Å²) < 4.78 is 20.6. The summed E-state index contributed by atoms with van der Waals surface area (Å²) in [5.74, 6) is 0.622. The Morgan fingerprint density at radius 1 is 1.18 bits per heavy atom. The smallest absolute Gasteiger partial charge is 0.295 e. The first-order valence-electron chi connectivity index (χ1n) is 8.67. The number of ether oxygens (including phenoxy) is 1. The third-order valence-corrected chi connectivity index (χ3v) is 4.75. The molecule has 0 bridgehead atoms. The summed E-state index contributed by atoms with van der Waals surface area (Å²) in [6.07, 6.45) is 1.45. The van der Waals surface area contributed by atoms with Crippen LogP contribution >= 0.6 is 0 Å². The standard InChI is InChI=1S/C17H18FN7O3/c1-11-7-16(24-17(21-11)19-10-20-24)23-5-3-22(4-6-23)13-9-15(28-2)12(18)8-14(13)25(26)27/h7-10H,3-6H2,1-2H3. The zero-order valence-electron chi connectivity index (χ0n) is 15.4. The van der Waals surface area contributed by atoms with Gasteiger partial charge in [0.25, 0.3) is 11.5 Å². The van der Waals surface area contributed by atoms with Crippen LogP contribution in [0, 0.1) is 22.9 Å². The van der Waals surface area contributed by atoms with Gasteiger partial charge in [0.15, 0.2) is 11.6 Å². The highest BCUT2D eigenvalue weighted by atomic mass is 19.1. The number of aromatic nitrogens is 4. The fourth-order valence-electron chi connectivity index (χ4n) is 3.40. The van der Waals surface area contributed by atoms with Gasteiger partial charge in [0.2, 0.25) is 0 Å². The Morgan fingerprint density at radius 3 is 2.57 bits per heavy atom. The molecular weight excluding hydrogens is 369 g/mol. The van der Waals surface area contributed by atoms with Gasteiger partial charge in [0.1, 0.15) is 17.8 Å². The first-order valence-corrected chi connectivity index (χ1v) is 8.67. The van der Waals surface area contributed by atoms with Gasteiger partial charge in [-0.2, -0.15) is 14.6 Å². The van der Waals surface area contributed by atoms with Crippen molar-refractivity contribution in [1.29, 1.82) is 0 Å². The second kappa shape index (κ2) is 6.91. The van der Waals surface area contributed by atoms with E-state index in [4.69, 9.17) is 4.74 Å². The summed E-state index contributed by atoms with van der Waals surface area (Å²) in [7, 11) is 1.33. The van der Waals surface area contributed by atoms with Gasteiger partial charge in [-0.25, -0.2) is 9.37 Å². The maximum atomic E-state index is 13.9. The van der Waals surface area contributed by atoms with E-state index < -0.39 is 10.7 Å². The molecule has 1 aromatic carbocycles. The van der Waals surface area contributed by atoms with Crippen LogP contribution in [0.15, 0.2) is 24.5 Å². The molecule has 10 nitrogen and oxygen atoms in total. The normalized spacial score (nSPS) is 14.5. The first kappa shape index (κ1) is 17.9. The molecule has 3 heterocycles. The van der Waals surface area contributed by atoms with Gasteiger partial charge in [0.05, 0.1) is 18.1 Å². The van der Waals surface area contributed by atoms with Gasteiger partial charge in [-0.15, -0.1) is 0 Å². The summed E-state index contributed by atoms with van der Waals surface area (Å²) in [5.41, 5.74) is 0.904. The number of anilines is 2. The SMILES string of the molecule is COc1cc(N2CCN(c3cc(C)nc4ncnn34)CC2)c([N+](=O)[O-])cc1F. The molecule has 0 saturated carbocycles. The number of piperazine rings is 1. The maximum absolute atomic E-state index is 13.9. The van der Waals surface area contributed by atoms with Gasteiger partial charge in [-0.1, -0.05) is 0 Å². The number of hydrogen-bond donors (Lipinski definition) is 0. The lowest BCUT2D eigenvalue weighted by Gasteiger charge is -2.37. The lowest BCUT2D eigenvalue weighted by Crippen LogP contribution is -2.47. The average Bonchev–Trinajstić information content (AvgIpc) is 3.15. The van der Waals surface area contributed by atoms with E-state index in [9.17, 15) is 14.5 Å². The number of fused-ring (bicyclic) bond motifs is 1. The van der Waals surface area contributed by atoms with Crippen LogP contribution in [-0.2, 0) is 0 Å². The molecule has 0 radical (unpaired) electrons. The molecule has 0 unspecified atom stereocenters. The molecule has 28 heavy (non-hydrogen) atoms. The molecule has 1 aliphatic heterocycles. The van der Waals surface area contributed by atoms with Crippen LogP contribution in [0.3, 0.4) is 0 Å². The Labute approximate surface area is 159 Å². The largest absolute Gasteiger partial charge is 0.494 e. The highest BCUT2D eigenvalue weighted by Gasteiger charge is 2.27. The number of nitro groups is 1. The van der Waals surface area contributed by atoms with Crippen molar-refractivity contribution in [3.8, 4) is 5.75 Å². The molecule has 0 atom stereocenters. The number of methoxy groups -OCH3 is 1.